The van der Waals surface area contributed by atoms with Gasteiger partial charge in [0.05, 0.1) is 0 Å². The molecule has 0 saturated heterocycles. The molecule has 1 heterocycles. The Labute approximate surface area is 169 Å². The van der Waals surface area contributed by atoms with Gasteiger partial charge in [0.2, 0.25) is 5.89 Å². The van der Waals surface area contributed by atoms with Gasteiger partial charge in [-0.15, -0.1) is 35.7 Å². The molecular weight excluding hydrogens is 449 g/mol. The van der Waals surface area contributed by atoms with Crippen LogP contribution in [0.1, 0.15) is 31.5 Å². The molecule has 0 atom stereocenters. The summed E-state index contributed by atoms with van der Waals surface area (Å²) in [6.45, 7) is 5.95. The smallest absolute Gasteiger partial charge is 0.223 e. The van der Waals surface area contributed by atoms with E-state index in [2.05, 4.69) is 63.0 Å². The van der Waals surface area contributed by atoms with Crippen molar-refractivity contribution in [3.63, 3.8) is 0 Å². The Morgan fingerprint density at radius 1 is 1.28 bits per heavy atom. The molecule has 0 radical (unpaired) electrons. The van der Waals surface area contributed by atoms with Crippen LogP contribution in [0.2, 0.25) is 0 Å². The Morgan fingerprint density at radius 3 is 2.64 bits per heavy atom. The van der Waals surface area contributed by atoms with Crippen molar-refractivity contribution in [2.45, 2.75) is 42.9 Å². The molecule has 1 aromatic carbocycles. The van der Waals surface area contributed by atoms with Crippen LogP contribution in [0.15, 0.2) is 44.7 Å². The van der Waals surface area contributed by atoms with Gasteiger partial charge in [-0.1, -0.05) is 23.4 Å². The van der Waals surface area contributed by atoms with Crippen molar-refractivity contribution in [1.29, 1.82) is 0 Å². The molecular formula is C17H24IN5OS. The molecule has 2 N–H and O–H groups in total. The van der Waals surface area contributed by atoms with Gasteiger partial charge in [0.25, 0.3) is 0 Å². The second-order valence-corrected chi connectivity index (χ2v) is 7.42. The van der Waals surface area contributed by atoms with Crippen molar-refractivity contribution in [3.8, 4) is 0 Å². The molecule has 1 saturated carbocycles. The number of guanidine groups is 1. The van der Waals surface area contributed by atoms with Crippen molar-refractivity contribution >= 4 is 41.7 Å². The number of halogens is 1. The molecule has 0 spiro atoms. The predicted molar refractivity (Wildman–Crippen MR) is 112 cm³/mol. The fourth-order valence-electron chi connectivity index (χ4n) is 2.33. The van der Waals surface area contributed by atoms with E-state index in [1.165, 1.54) is 17.7 Å². The van der Waals surface area contributed by atoms with Crippen LogP contribution in [0.5, 0.6) is 0 Å². The quantitative estimate of drug-likeness (QED) is 0.365. The third kappa shape index (κ3) is 6.18. The van der Waals surface area contributed by atoms with Crippen molar-refractivity contribution in [3.05, 3.63) is 42.0 Å². The number of aryl methyl sites for hydroxylation is 1. The predicted octanol–water partition coefficient (Wildman–Crippen LogP) is 3.38. The lowest BCUT2D eigenvalue weighted by molar-refractivity contribution is 0.387. The second kappa shape index (κ2) is 9.42. The largest absolute Gasteiger partial charge is 0.357 e. The van der Waals surface area contributed by atoms with E-state index in [9.17, 15) is 0 Å². The Balaban J connectivity index is 0.00000225. The van der Waals surface area contributed by atoms with Crippen molar-refractivity contribution in [2.75, 3.05) is 13.1 Å². The van der Waals surface area contributed by atoms with Crippen LogP contribution >= 0.6 is 35.7 Å². The third-order valence-electron chi connectivity index (χ3n) is 3.76. The molecule has 136 valence electrons. The second-order valence-electron chi connectivity index (χ2n) is 5.88. The maximum atomic E-state index is 4.97. The summed E-state index contributed by atoms with van der Waals surface area (Å²) in [5.41, 5.74) is 0. The van der Waals surface area contributed by atoms with Gasteiger partial charge in [-0.2, -0.15) is 4.98 Å². The maximum Gasteiger partial charge on any atom is 0.223 e. The van der Waals surface area contributed by atoms with Gasteiger partial charge in [-0.25, -0.2) is 4.99 Å². The number of aliphatic imine (C=N–C) groups is 1. The average molecular weight is 473 g/mol. The van der Waals surface area contributed by atoms with E-state index < -0.39 is 0 Å². The first-order chi connectivity index (χ1) is 11.7. The van der Waals surface area contributed by atoms with Gasteiger partial charge in [0.15, 0.2) is 11.8 Å². The molecule has 3 rings (SSSR count). The average Bonchev–Trinajstić information content (AvgIpc) is 3.22. The van der Waals surface area contributed by atoms with E-state index in [0.717, 1.165) is 19.0 Å². The van der Waals surface area contributed by atoms with E-state index in [4.69, 9.17) is 4.52 Å². The minimum atomic E-state index is 0. The van der Waals surface area contributed by atoms with E-state index >= 15 is 0 Å². The molecule has 1 fully saturated rings. The van der Waals surface area contributed by atoms with E-state index in [1.54, 1.807) is 6.92 Å². The molecule has 1 aromatic heterocycles. The molecule has 25 heavy (non-hydrogen) atoms. The first-order valence-corrected chi connectivity index (χ1v) is 9.06. The van der Waals surface area contributed by atoms with Crippen LogP contribution in [-0.4, -0.2) is 33.9 Å². The Morgan fingerprint density at radius 2 is 2.04 bits per heavy atom. The normalized spacial score (nSPS) is 15.4. The monoisotopic (exact) mass is 473 g/mol. The molecule has 8 heteroatoms. The highest BCUT2D eigenvalue weighted by atomic mass is 127. The summed E-state index contributed by atoms with van der Waals surface area (Å²) in [6, 6.07) is 10.6. The van der Waals surface area contributed by atoms with Gasteiger partial charge in [-0.05, 0) is 31.9 Å². The lowest BCUT2D eigenvalue weighted by Gasteiger charge is -2.18. The highest BCUT2D eigenvalue weighted by Gasteiger charge is 2.43. The van der Waals surface area contributed by atoms with Gasteiger partial charge in [0.1, 0.15) is 6.54 Å². The third-order valence-corrected chi connectivity index (χ3v) is 5.25. The van der Waals surface area contributed by atoms with Gasteiger partial charge < -0.3 is 15.2 Å². The lowest BCUT2D eigenvalue weighted by atomic mass is 10.4. The summed E-state index contributed by atoms with van der Waals surface area (Å²) in [5.74, 6) is 1.96. The number of thioether (sulfide) groups is 1. The molecule has 0 unspecified atom stereocenters. The number of nitrogens with one attached hydrogen (secondary N) is 2. The zero-order valence-electron chi connectivity index (χ0n) is 14.5. The standard InChI is InChI=1S/C17H23N5OS.HI/c1-3-18-16(19-11-15-21-13(2)23-22-15)20-12-17(9-10-17)24-14-7-5-4-6-8-14;/h4-8H,3,9-12H2,1-2H3,(H2,18,19,20);1H. The molecule has 0 bridgehead atoms. The molecule has 0 aliphatic heterocycles. The van der Waals surface area contributed by atoms with Crippen LogP contribution in [0.4, 0.5) is 0 Å². The zero-order chi connectivity index (χ0) is 16.8. The fraction of sp³-hybridized carbons (Fsp3) is 0.471. The fourth-order valence-corrected chi connectivity index (χ4v) is 3.58. The van der Waals surface area contributed by atoms with E-state index in [-0.39, 0.29) is 28.7 Å². The van der Waals surface area contributed by atoms with Crippen LogP contribution in [0.3, 0.4) is 0 Å². The summed E-state index contributed by atoms with van der Waals surface area (Å²) in [5, 5.41) is 10.6. The van der Waals surface area contributed by atoms with E-state index in [0.29, 0.717) is 18.3 Å². The number of hydrogen-bond donors (Lipinski definition) is 2. The molecule has 1 aliphatic rings. The number of rotatable bonds is 7. The van der Waals surface area contributed by atoms with Gasteiger partial charge in [-0.3, -0.25) is 0 Å². The van der Waals surface area contributed by atoms with Crippen molar-refractivity contribution in [2.24, 2.45) is 4.99 Å². The lowest BCUT2D eigenvalue weighted by Crippen LogP contribution is -2.41. The molecule has 0 amide bonds. The minimum absolute atomic E-state index is 0. The van der Waals surface area contributed by atoms with Crippen molar-refractivity contribution < 1.29 is 4.52 Å². The van der Waals surface area contributed by atoms with Crippen LogP contribution < -0.4 is 10.6 Å². The summed E-state index contributed by atoms with van der Waals surface area (Å²) in [4.78, 5) is 10.0. The molecule has 6 nitrogen and oxygen atoms in total. The number of benzene rings is 1. The zero-order valence-corrected chi connectivity index (χ0v) is 17.6. The van der Waals surface area contributed by atoms with Crippen molar-refractivity contribution in [1.82, 2.24) is 20.8 Å². The summed E-state index contributed by atoms with van der Waals surface area (Å²) >= 11 is 1.95. The van der Waals surface area contributed by atoms with E-state index in [1.807, 2.05) is 11.8 Å². The molecule has 2 aromatic rings. The first-order valence-electron chi connectivity index (χ1n) is 8.24. The van der Waals surface area contributed by atoms with Crippen LogP contribution in [0, 0.1) is 6.92 Å². The minimum Gasteiger partial charge on any atom is -0.357 e. The highest BCUT2D eigenvalue weighted by molar-refractivity contribution is 14.0. The Hall–Kier alpha value is -1.29. The maximum absolute atomic E-state index is 4.97. The van der Waals surface area contributed by atoms with Crippen LogP contribution in [-0.2, 0) is 6.54 Å². The Bertz CT molecular complexity index is 687. The topological polar surface area (TPSA) is 75.3 Å². The SMILES string of the molecule is CCNC(=NCc1noc(C)n1)NCC1(Sc2ccccc2)CC1.I. The summed E-state index contributed by atoms with van der Waals surface area (Å²) in [6.07, 6.45) is 2.45. The first kappa shape index (κ1) is 20.0. The summed E-state index contributed by atoms with van der Waals surface area (Å²) in [7, 11) is 0. The van der Waals surface area contributed by atoms with Crippen LogP contribution in [0.25, 0.3) is 0 Å². The number of nitrogens with zero attached hydrogens (tertiary/aromatic N) is 3. The summed E-state index contributed by atoms with van der Waals surface area (Å²) < 4.78 is 5.25. The highest BCUT2D eigenvalue weighted by Crippen LogP contribution is 2.51. The Kier molecular flexibility index (Phi) is 7.55. The molecule has 1 aliphatic carbocycles. The number of aromatic nitrogens is 2. The van der Waals surface area contributed by atoms with Gasteiger partial charge >= 0.3 is 0 Å². The number of hydrogen-bond acceptors (Lipinski definition) is 5. The van der Waals surface area contributed by atoms with Gasteiger partial charge in [0, 0.05) is 29.7 Å².